The number of aromatic nitrogens is 3. The van der Waals surface area contributed by atoms with Gasteiger partial charge in [0.15, 0.2) is 5.16 Å². The van der Waals surface area contributed by atoms with E-state index in [1.54, 1.807) is 0 Å². The van der Waals surface area contributed by atoms with Crippen LogP contribution in [-0.4, -0.2) is 51.0 Å². The summed E-state index contributed by atoms with van der Waals surface area (Å²) in [5.74, 6) is 1.11. The summed E-state index contributed by atoms with van der Waals surface area (Å²) in [6, 6.07) is 12.2. The first kappa shape index (κ1) is 19.4. The highest BCUT2D eigenvalue weighted by molar-refractivity contribution is 7.99. The number of likely N-dealkylation sites (tertiary alicyclic amines) is 1. The van der Waals surface area contributed by atoms with E-state index in [4.69, 9.17) is 5.26 Å². The molecule has 2 aromatic rings. The molecule has 3 rings (SSSR count). The van der Waals surface area contributed by atoms with E-state index in [0.29, 0.717) is 19.5 Å². The summed E-state index contributed by atoms with van der Waals surface area (Å²) in [6.07, 6.45) is 2.79. The number of nitrogens with zero attached hydrogens (tertiary/aromatic N) is 5. The minimum absolute atomic E-state index is 0.0920. The Bertz CT molecular complexity index is 779. The minimum Gasteiger partial charge on any atom is -0.354 e. The van der Waals surface area contributed by atoms with Crippen molar-refractivity contribution in [3.05, 3.63) is 41.7 Å². The lowest BCUT2D eigenvalue weighted by atomic mass is 10.2. The Balaban J connectivity index is 1.69. The molecule has 7 nitrogen and oxygen atoms in total. The SMILES string of the molecule is N#CCCNC(=O)CSc1nnc(CN2CCCC2)n1Cc1ccccc1. The van der Waals surface area contributed by atoms with Crippen molar-refractivity contribution in [3.8, 4) is 6.07 Å². The molecule has 1 aromatic heterocycles. The Morgan fingerprint density at radius 2 is 1.96 bits per heavy atom. The van der Waals surface area contributed by atoms with Gasteiger partial charge in [-0.15, -0.1) is 10.2 Å². The number of hydrogen-bond acceptors (Lipinski definition) is 6. The number of nitrogens with one attached hydrogen (secondary N) is 1. The number of nitriles is 1. The van der Waals surface area contributed by atoms with Gasteiger partial charge in [0.05, 0.1) is 31.3 Å². The summed E-state index contributed by atoms with van der Waals surface area (Å²) in [6.45, 7) is 4.06. The van der Waals surface area contributed by atoms with E-state index in [0.717, 1.165) is 30.6 Å². The summed E-state index contributed by atoms with van der Waals surface area (Å²) in [5.41, 5.74) is 1.18. The van der Waals surface area contributed by atoms with Gasteiger partial charge in [-0.1, -0.05) is 42.1 Å². The van der Waals surface area contributed by atoms with Crippen LogP contribution in [0.25, 0.3) is 0 Å². The van der Waals surface area contributed by atoms with Crippen molar-refractivity contribution < 1.29 is 4.79 Å². The number of carbonyl (C=O) groups excluding carboxylic acids is 1. The number of amides is 1. The first-order valence-electron chi connectivity index (χ1n) is 9.21. The highest BCUT2D eigenvalue weighted by Crippen LogP contribution is 2.20. The number of rotatable bonds is 9. The minimum atomic E-state index is -0.0920. The molecule has 1 amide bonds. The molecule has 0 aliphatic carbocycles. The lowest BCUT2D eigenvalue weighted by Gasteiger charge is -2.16. The zero-order valence-electron chi connectivity index (χ0n) is 15.3. The number of thioether (sulfide) groups is 1. The van der Waals surface area contributed by atoms with Gasteiger partial charge in [-0.25, -0.2) is 0 Å². The molecule has 0 saturated carbocycles. The van der Waals surface area contributed by atoms with E-state index >= 15 is 0 Å². The van der Waals surface area contributed by atoms with E-state index in [-0.39, 0.29) is 11.7 Å². The van der Waals surface area contributed by atoms with Crippen molar-refractivity contribution in [1.82, 2.24) is 25.0 Å². The van der Waals surface area contributed by atoms with E-state index in [1.165, 1.54) is 30.2 Å². The van der Waals surface area contributed by atoms with E-state index in [9.17, 15) is 4.79 Å². The Kier molecular flexibility index (Phi) is 7.25. The maximum absolute atomic E-state index is 11.9. The van der Waals surface area contributed by atoms with Crippen molar-refractivity contribution in [2.75, 3.05) is 25.4 Å². The summed E-state index contributed by atoms with van der Waals surface area (Å²) < 4.78 is 2.11. The third kappa shape index (κ3) is 5.81. The molecule has 2 heterocycles. The van der Waals surface area contributed by atoms with Crippen LogP contribution in [0.5, 0.6) is 0 Å². The highest BCUT2D eigenvalue weighted by Gasteiger charge is 2.19. The molecule has 0 radical (unpaired) electrons. The van der Waals surface area contributed by atoms with Gasteiger partial charge in [0, 0.05) is 6.54 Å². The summed E-state index contributed by atoms with van der Waals surface area (Å²) in [4.78, 5) is 14.3. The van der Waals surface area contributed by atoms with Crippen molar-refractivity contribution >= 4 is 17.7 Å². The molecule has 1 fully saturated rings. The van der Waals surface area contributed by atoms with Gasteiger partial charge in [0.2, 0.25) is 5.91 Å². The summed E-state index contributed by atoms with van der Waals surface area (Å²) in [5, 5.41) is 20.8. The largest absolute Gasteiger partial charge is 0.354 e. The molecule has 1 aliphatic rings. The molecule has 0 atom stereocenters. The third-order valence-electron chi connectivity index (χ3n) is 4.43. The van der Waals surface area contributed by atoms with E-state index in [1.807, 2.05) is 24.3 Å². The third-order valence-corrected chi connectivity index (χ3v) is 5.40. The first-order valence-corrected chi connectivity index (χ1v) is 10.2. The lowest BCUT2D eigenvalue weighted by molar-refractivity contribution is -0.118. The van der Waals surface area contributed by atoms with Gasteiger partial charge in [-0.05, 0) is 31.5 Å². The maximum atomic E-state index is 11.9. The molecule has 8 heteroatoms. The van der Waals surface area contributed by atoms with Crippen molar-refractivity contribution in [2.24, 2.45) is 0 Å². The van der Waals surface area contributed by atoms with Gasteiger partial charge >= 0.3 is 0 Å². The Hall–Kier alpha value is -2.37. The second kappa shape index (κ2) is 10.1. The Labute approximate surface area is 163 Å². The highest BCUT2D eigenvalue weighted by atomic mass is 32.2. The molecule has 0 bridgehead atoms. The monoisotopic (exact) mass is 384 g/mol. The Morgan fingerprint density at radius 3 is 2.70 bits per heavy atom. The molecule has 1 saturated heterocycles. The topological polar surface area (TPSA) is 86.8 Å². The van der Waals surface area contributed by atoms with Crippen LogP contribution in [0.4, 0.5) is 0 Å². The molecule has 0 spiro atoms. The van der Waals surface area contributed by atoms with E-state index < -0.39 is 0 Å². The lowest BCUT2D eigenvalue weighted by Crippen LogP contribution is -2.26. The Morgan fingerprint density at radius 1 is 1.19 bits per heavy atom. The van der Waals surface area contributed by atoms with Crippen molar-refractivity contribution in [1.29, 1.82) is 5.26 Å². The second-order valence-corrected chi connectivity index (χ2v) is 7.44. The number of hydrogen-bond donors (Lipinski definition) is 1. The van der Waals surface area contributed by atoms with Crippen LogP contribution in [0.2, 0.25) is 0 Å². The predicted octanol–water partition coefficient (Wildman–Crippen LogP) is 2.04. The summed E-state index contributed by atoms with van der Waals surface area (Å²) in [7, 11) is 0. The second-order valence-electron chi connectivity index (χ2n) is 6.50. The fraction of sp³-hybridized carbons (Fsp3) is 0.474. The van der Waals surface area contributed by atoms with Crippen LogP contribution >= 0.6 is 11.8 Å². The maximum Gasteiger partial charge on any atom is 0.230 e. The van der Waals surface area contributed by atoms with Gasteiger partial charge < -0.3 is 9.88 Å². The smallest absolute Gasteiger partial charge is 0.230 e. The first-order chi connectivity index (χ1) is 13.3. The van der Waals surface area contributed by atoms with Gasteiger partial charge in [0.1, 0.15) is 5.82 Å². The van der Waals surface area contributed by atoms with Crippen molar-refractivity contribution in [2.45, 2.75) is 37.5 Å². The van der Waals surface area contributed by atoms with E-state index in [2.05, 4.69) is 37.1 Å². The number of benzene rings is 1. The molecule has 1 N–H and O–H groups in total. The quantitative estimate of drug-likeness (QED) is 0.526. The average Bonchev–Trinajstić information content (AvgIpc) is 3.32. The summed E-state index contributed by atoms with van der Waals surface area (Å²) >= 11 is 1.39. The number of carbonyl (C=O) groups is 1. The zero-order chi connectivity index (χ0) is 18.9. The van der Waals surface area contributed by atoms with Gasteiger partial charge in [0.25, 0.3) is 0 Å². The zero-order valence-corrected chi connectivity index (χ0v) is 16.1. The molecule has 1 aliphatic heterocycles. The molecule has 27 heavy (non-hydrogen) atoms. The van der Waals surface area contributed by atoms with Crippen LogP contribution in [0.3, 0.4) is 0 Å². The fourth-order valence-corrected chi connectivity index (χ4v) is 3.83. The van der Waals surface area contributed by atoms with Gasteiger partial charge in [-0.3, -0.25) is 9.69 Å². The van der Waals surface area contributed by atoms with Crippen LogP contribution in [0.1, 0.15) is 30.7 Å². The molecular formula is C19H24N6OS. The van der Waals surface area contributed by atoms with Crippen LogP contribution in [0.15, 0.2) is 35.5 Å². The molecule has 142 valence electrons. The average molecular weight is 385 g/mol. The van der Waals surface area contributed by atoms with Crippen LogP contribution in [-0.2, 0) is 17.9 Å². The molecule has 0 unspecified atom stereocenters. The van der Waals surface area contributed by atoms with Crippen LogP contribution in [0, 0.1) is 11.3 Å². The predicted molar refractivity (Wildman–Crippen MR) is 104 cm³/mol. The van der Waals surface area contributed by atoms with Gasteiger partial charge in [-0.2, -0.15) is 5.26 Å². The normalized spacial score (nSPS) is 14.2. The standard InChI is InChI=1S/C19H24N6OS/c20-9-6-10-21-18(26)15-27-19-23-22-17(14-24-11-4-5-12-24)25(19)13-16-7-2-1-3-8-16/h1-3,7-8H,4-6,10-15H2,(H,21,26). The van der Waals surface area contributed by atoms with Crippen LogP contribution < -0.4 is 5.32 Å². The molecular weight excluding hydrogens is 360 g/mol. The molecule has 1 aromatic carbocycles. The fourth-order valence-electron chi connectivity index (χ4n) is 3.05. The van der Waals surface area contributed by atoms with Crippen molar-refractivity contribution in [3.63, 3.8) is 0 Å².